The van der Waals surface area contributed by atoms with Crippen molar-refractivity contribution in [3.8, 4) is 0 Å². The average Bonchev–Trinajstić information content (AvgIpc) is 3.24. The molecule has 0 bridgehead atoms. The van der Waals surface area contributed by atoms with E-state index in [2.05, 4.69) is 5.32 Å². The molecule has 0 spiro atoms. The Morgan fingerprint density at radius 3 is 2.80 bits per heavy atom. The van der Waals surface area contributed by atoms with Gasteiger partial charge in [-0.3, -0.25) is 9.59 Å². The number of thiophene rings is 1. The molecule has 1 atom stereocenters. The summed E-state index contributed by atoms with van der Waals surface area (Å²) >= 11 is 1.38. The quantitative estimate of drug-likeness (QED) is 0.678. The van der Waals surface area contributed by atoms with Gasteiger partial charge in [-0.1, -0.05) is 13.0 Å². The molecule has 7 nitrogen and oxygen atoms in total. The maximum absolute atomic E-state index is 12.5. The summed E-state index contributed by atoms with van der Waals surface area (Å²) < 4.78 is 24.4. The SMILES string of the molecule is CCN(CCCNC(=O)[C@@H]1CCCN1C(=O)c1cccs1)S(C)(=O)=O. The molecule has 2 heterocycles. The van der Waals surface area contributed by atoms with Gasteiger partial charge in [0, 0.05) is 26.2 Å². The third-order valence-electron chi connectivity index (χ3n) is 4.25. The number of carbonyl (C=O) groups is 2. The van der Waals surface area contributed by atoms with E-state index in [1.165, 1.54) is 21.9 Å². The highest BCUT2D eigenvalue weighted by atomic mass is 32.2. The lowest BCUT2D eigenvalue weighted by Crippen LogP contribution is -2.46. The number of amides is 2. The Morgan fingerprint density at radius 2 is 2.20 bits per heavy atom. The van der Waals surface area contributed by atoms with Crippen LogP contribution >= 0.6 is 11.3 Å². The van der Waals surface area contributed by atoms with Gasteiger partial charge in [0.1, 0.15) is 6.04 Å². The van der Waals surface area contributed by atoms with Crippen molar-refractivity contribution in [3.05, 3.63) is 22.4 Å². The number of carbonyl (C=O) groups excluding carboxylic acids is 2. The molecule has 1 aliphatic heterocycles. The minimum Gasteiger partial charge on any atom is -0.354 e. The van der Waals surface area contributed by atoms with Gasteiger partial charge in [-0.15, -0.1) is 11.3 Å². The van der Waals surface area contributed by atoms with Crippen molar-refractivity contribution in [2.45, 2.75) is 32.2 Å². The van der Waals surface area contributed by atoms with Crippen LogP contribution in [0.3, 0.4) is 0 Å². The van der Waals surface area contributed by atoms with Gasteiger partial charge >= 0.3 is 0 Å². The number of likely N-dealkylation sites (tertiary alicyclic amines) is 1. The topological polar surface area (TPSA) is 86.8 Å². The first-order valence-corrected chi connectivity index (χ1v) is 11.1. The first kappa shape index (κ1) is 19.9. The van der Waals surface area contributed by atoms with Crippen molar-refractivity contribution >= 4 is 33.2 Å². The van der Waals surface area contributed by atoms with Crippen molar-refractivity contribution in [2.75, 3.05) is 32.4 Å². The molecule has 0 saturated carbocycles. The summed E-state index contributed by atoms with van der Waals surface area (Å²) in [7, 11) is -3.21. The van der Waals surface area contributed by atoms with E-state index in [1.54, 1.807) is 17.9 Å². The summed E-state index contributed by atoms with van der Waals surface area (Å²) in [4.78, 5) is 27.2. The van der Waals surface area contributed by atoms with Crippen molar-refractivity contribution in [1.29, 1.82) is 0 Å². The van der Waals surface area contributed by atoms with Crippen LogP contribution in [0.5, 0.6) is 0 Å². The lowest BCUT2D eigenvalue weighted by molar-refractivity contribution is -0.124. The number of sulfonamides is 1. The molecule has 25 heavy (non-hydrogen) atoms. The van der Waals surface area contributed by atoms with Crippen LogP contribution in [-0.2, 0) is 14.8 Å². The molecule has 2 rings (SSSR count). The molecule has 1 aromatic heterocycles. The monoisotopic (exact) mass is 387 g/mol. The Hall–Kier alpha value is -1.45. The van der Waals surface area contributed by atoms with Crippen LogP contribution in [0.25, 0.3) is 0 Å². The van der Waals surface area contributed by atoms with Gasteiger partial charge in [0.25, 0.3) is 5.91 Å². The number of nitrogens with zero attached hydrogens (tertiary/aromatic N) is 2. The second-order valence-electron chi connectivity index (χ2n) is 6.03. The van der Waals surface area contributed by atoms with Crippen LogP contribution in [-0.4, -0.2) is 67.9 Å². The number of rotatable bonds is 8. The van der Waals surface area contributed by atoms with Gasteiger partial charge in [0.15, 0.2) is 0 Å². The van der Waals surface area contributed by atoms with Crippen LogP contribution in [0.1, 0.15) is 35.9 Å². The van der Waals surface area contributed by atoms with Crippen molar-refractivity contribution in [2.24, 2.45) is 0 Å². The van der Waals surface area contributed by atoms with Crippen LogP contribution in [0.4, 0.5) is 0 Å². The molecule has 1 N–H and O–H groups in total. The Kier molecular flexibility index (Phi) is 6.97. The number of nitrogens with one attached hydrogen (secondary N) is 1. The fourth-order valence-corrected chi connectivity index (χ4v) is 4.58. The molecule has 9 heteroatoms. The normalized spacial score (nSPS) is 17.9. The molecular weight excluding hydrogens is 362 g/mol. The van der Waals surface area contributed by atoms with Crippen LogP contribution in [0.15, 0.2) is 17.5 Å². The van der Waals surface area contributed by atoms with Gasteiger partial charge in [-0.25, -0.2) is 12.7 Å². The highest BCUT2D eigenvalue weighted by molar-refractivity contribution is 7.88. The predicted octanol–water partition coefficient (Wildman–Crippen LogP) is 1.14. The summed E-state index contributed by atoms with van der Waals surface area (Å²) in [5.74, 6) is -0.258. The highest BCUT2D eigenvalue weighted by Gasteiger charge is 2.34. The fraction of sp³-hybridized carbons (Fsp3) is 0.625. The Morgan fingerprint density at radius 1 is 1.44 bits per heavy atom. The summed E-state index contributed by atoms with van der Waals surface area (Å²) in [6.07, 6.45) is 3.19. The maximum Gasteiger partial charge on any atom is 0.264 e. The second kappa shape index (κ2) is 8.77. The van der Waals surface area contributed by atoms with E-state index in [1.807, 2.05) is 11.4 Å². The minimum atomic E-state index is -3.21. The first-order chi connectivity index (χ1) is 11.8. The van der Waals surface area contributed by atoms with Crippen molar-refractivity contribution < 1.29 is 18.0 Å². The Bertz CT molecular complexity index is 688. The highest BCUT2D eigenvalue weighted by Crippen LogP contribution is 2.22. The second-order valence-corrected chi connectivity index (χ2v) is 8.96. The molecule has 0 aromatic carbocycles. The average molecular weight is 388 g/mol. The van der Waals surface area contributed by atoms with Gasteiger partial charge in [0.2, 0.25) is 15.9 Å². The van der Waals surface area contributed by atoms with E-state index in [9.17, 15) is 18.0 Å². The number of hydrogen-bond acceptors (Lipinski definition) is 5. The molecular formula is C16H25N3O4S2. The smallest absolute Gasteiger partial charge is 0.264 e. The van der Waals surface area contributed by atoms with Crippen LogP contribution in [0, 0.1) is 0 Å². The summed E-state index contributed by atoms with van der Waals surface area (Å²) in [6, 6.07) is 3.15. The van der Waals surface area contributed by atoms with Gasteiger partial charge < -0.3 is 10.2 Å². The maximum atomic E-state index is 12.5. The molecule has 1 saturated heterocycles. The zero-order valence-corrected chi connectivity index (χ0v) is 16.2. The molecule has 2 amide bonds. The van der Waals surface area contributed by atoms with E-state index < -0.39 is 16.1 Å². The summed E-state index contributed by atoms with van der Waals surface area (Å²) in [5, 5.41) is 4.68. The lowest BCUT2D eigenvalue weighted by Gasteiger charge is -2.23. The van der Waals surface area contributed by atoms with E-state index in [4.69, 9.17) is 0 Å². The fourth-order valence-electron chi connectivity index (χ4n) is 2.97. The molecule has 140 valence electrons. The Balaban J connectivity index is 1.83. The number of hydrogen-bond donors (Lipinski definition) is 1. The molecule has 1 aliphatic rings. The standard InChI is InChI=1S/C16H25N3O4S2/c1-3-18(25(2,22)23)10-6-9-17-15(20)13-7-4-11-19(13)16(21)14-8-5-12-24-14/h5,8,12-13H,3-4,6-7,9-11H2,1-2H3,(H,17,20)/t13-/m0/s1. The van der Waals surface area contributed by atoms with Crippen molar-refractivity contribution in [1.82, 2.24) is 14.5 Å². The van der Waals surface area contributed by atoms with Crippen molar-refractivity contribution in [3.63, 3.8) is 0 Å². The minimum absolute atomic E-state index is 0.0955. The zero-order valence-electron chi connectivity index (χ0n) is 14.6. The molecule has 1 fully saturated rings. The third kappa shape index (κ3) is 5.26. The summed E-state index contributed by atoms with van der Waals surface area (Å²) in [5.41, 5.74) is 0. The third-order valence-corrected chi connectivity index (χ3v) is 6.49. The molecule has 1 aromatic rings. The van der Waals surface area contributed by atoms with E-state index in [0.29, 0.717) is 43.9 Å². The van der Waals surface area contributed by atoms with E-state index >= 15 is 0 Å². The molecule has 0 radical (unpaired) electrons. The van der Waals surface area contributed by atoms with Crippen LogP contribution in [0.2, 0.25) is 0 Å². The summed E-state index contributed by atoms with van der Waals surface area (Å²) in [6.45, 7) is 3.55. The van der Waals surface area contributed by atoms with Crippen LogP contribution < -0.4 is 5.32 Å². The first-order valence-electron chi connectivity index (χ1n) is 8.42. The van der Waals surface area contributed by atoms with Gasteiger partial charge in [0.05, 0.1) is 11.1 Å². The largest absolute Gasteiger partial charge is 0.354 e. The van der Waals surface area contributed by atoms with E-state index in [-0.39, 0.29) is 11.8 Å². The lowest BCUT2D eigenvalue weighted by atomic mass is 10.2. The molecule has 0 aliphatic carbocycles. The van der Waals surface area contributed by atoms with Gasteiger partial charge in [-0.05, 0) is 30.7 Å². The predicted molar refractivity (Wildman–Crippen MR) is 98.1 cm³/mol. The zero-order chi connectivity index (χ0) is 18.4. The van der Waals surface area contributed by atoms with Gasteiger partial charge in [-0.2, -0.15) is 0 Å². The Labute approximate surface area is 153 Å². The molecule has 0 unspecified atom stereocenters. The van der Waals surface area contributed by atoms with E-state index in [0.717, 1.165) is 6.42 Å².